The molecule has 1 rings (SSSR count). The zero-order valence-corrected chi connectivity index (χ0v) is 12.9. The Morgan fingerprint density at radius 2 is 1.76 bits per heavy atom. The molecule has 0 atom stereocenters. The number of urea groups is 1. The zero-order valence-electron chi connectivity index (χ0n) is 12.9. The minimum atomic E-state index is -0.880. The molecule has 0 saturated heterocycles. The second-order valence-electron chi connectivity index (χ2n) is 6.09. The smallest absolute Gasteiger partial charge is 0.315 e. The number of carboxylic acids is 1. The molecule has 0 aromatic rings. The number of nitrogens with one attached hydrogen (secondary N) is 2. The van der Waals surface area contributed by atoms with E-state index in [0.717, 1.165) is 12.8 Å². The number of nitrogens with zero attached hydrogens (tertiary/aromatic N) is 1. The maximum atomic E-state index is 11.7. The fraction of sp³-hybridized carbons (Fsp3) is 0.786. The van der Waals surface area contributed by atoms with Crippen LogP contribution >= 0.6 is 0 Å². The number of likely N-dealkylation sites (N-methyl/N-ethyl adjacent to an activating group) is 1. The predicted octanol–water partition coefficient (Wildman–Crippen LogP) is 0.655. The number of carboxylic acid groups (broad SMARTS) is 1. The molecule has 0 aromatic heterocycles. The van der Waals surface area contributed by atoms with Gasteiger partial charge in [-0.05, 0) is 31.6 Å². The summed E-state index contributed by atoms with van der Waals surface area (Å²) in [6.07, 6.45) is 2.85. The van der Waals surface area contributed by atoms with Gasteiger partial charge in [0.05, 0.1) is 12.0 Å². The maximum Gasteiger partial charge on any atom is 0.315 e. The molecule has 0 aliphatic heterocycles. The van der Waals surface area contributed by atoms with Gasteiger partial charge in [-0.1, -0.05) is 6.92 Å². The lowest BCUT2D eigenvalue weighted by Gasteiger charge is -2.35. The number of hydrogen-bond acceptors (Lipinski definition) is 3. The van der Waals surface area contributed by atoms with Crippen LogP contribution < -0.4 is 10.6 Å². The third-order valence-electron chi connectivity index (χ3n) is 4.17. The van der Waals surface area contributed by atoms with Gasteiger partial charge >= 0.3 is 12.0 Å². The molecule has 1 fully saturated rings. The molecule has 7 nitrogen and oxygen atoms in total. The molecule has 7 heteroatoms. The minimum absolute atomic E-state index is 0.0943. The Bertz CT molecular complexity index is 401. The Morgan fingerprint density at radius 3 is 2.24 bits per heavy atom. The summed E-state index contributed by atoms with van der Waals surface area (Å²) in [6, 6.07) is -0.510. The van der Waals surface area contributed by atoms with Crippen LogP contribution in [-0.2, 0) is 9.59 Å². The second-order valence-corrected chi connectivity index (χ2v) is 6.09. The van der Waals surface area contributed by atoms with Crippen molar-refractivity contribution >= 4 is 17.9 Å². The molecule has 0 aromatic carbocycles. The van der Waals surface area contributed by atoms with Crippen LogP contribution in [0.4, 0.5) is 4.79 Å². The Hall–Kier alpha value is -1.79. The second kappa shape index (κ2) is 7.28. The highest BCUT2D eigenvalue weighted by molar-refractivity contribution is 5.84. The van der Waals surface area contributed by atoms with Crippen LogP contribution in [0.3, 0.4) is 0 Å². The van der Waals surface area contributed by atoms with E-state index in [1.165, 1.54) is 4.90 Å². The molecule has 3 amide bonds. The van der Waals surface area contributed by atoms with E-state index in [9.17, 15) is 19.5 Å². The average Bonchev–Trinajstić information content (AvgIpc) is 2.44. The van der Waals surface area contributed by atoms with Gasteiger partial charge in [0.25, 0.3) is 0 Å². The lowest BCUT2D eigenvalue weighted by atomic mass is 9.71. The van der Waals surface area contributed by atoms with Crippen molar-refractivity contribution in [3.05, 3.63) is 0 Å². The molecule has 0 unspecified atom stereocenters. The zero-order chi connectivity index (χ0) is 16.0. The SMILES string of the molecule is CC1CCC(CNC(=O)NCC(=O)N(C)C)(C(=O)O)CC1. The van der Waals surface area contributed by atoms with Gasteiger partial charge in [0, 0.05) is 20.6 Å². The van der Waals surface area contributed by atoms with Gasteiger partial charge in [-0.3, -0.25) is 9.59 Å². The third kappa shape index (κ3) is 4.91. The normalized spacial score (nSPS) is 25.0. The Morgan fingerprint density at radius 1 is 1.19 bits per heavy atom. The topological polar surface area (TPSA) is 98.7 Å². The minimum Gasteiger partial charge on any atom is -0.481 e. The van der Waals surface area contributed by atoms with Crippen LogP contribution in [0.2, 0.25) is 0 Å². The summed E-state index contributed by atoms with van der Waals surface area (Å²) < 4.78 is 0. The van der Waals surface area contributed by atoms with Crippen molar-refractivity contribution in [2.24, 2.45) is 11.3 Å². The molecule has 1 saturated carbocycles. The van der Waals surface area contributed by atoms with E-state index in [0.29, 0.717) is 18.8 Å². The van der Waals surface area contributed by atoms with Crippen LogP contribution in [0.25, 0.3) is 0 Å². The maximum absolute atomic E-state index is 11.7. The first kappa shape index (κ1) is 17.3. The lowest BCUT2D eigenvalue weighted by Crippen LogP contribution is -2.49. The van der Waals surface area contributed by atoms with Crippen molar-refractivity contribution < 1.29 is 19.5 Å². The van der Waals surface area contributed by atoms with Gasteiger partial charge in [-0.15, -0.1) is 0 Å². The summed E-state index contributed by atoms with van der Waals surface area (Å²) in [5.41, 5.74) is -0.880. The van der Waals surface area contributed by atoms with Gasteiger partial charge in [-0.25, -0.2) is 4.79 Å². The quantitative estimate of drug-likeness (QED) is 0.694. The standard InChI is InChI=1S/C14H25N3O4/c1-10-4-6-14(7-5-10,12(19)20)9-16-13(21)15-8-11(18)17(2)3/h10H,4-9H2,1-3H3,(H,19,20)(H2,15,16,21). The van der Waals surface area contributed by atoms with E-state index < -0.39 is 17.4 Å². The first-order valence-electron chi connectivity index (χ1n) is 7.22. The highest BCUT2D eigenvalue weighted by atomic mass is 16.4. The first-order chi connectivity index (χ1) is 9.77. The number of amides is 3. The Kier molecular flexibility index (Phi) is 5.99. The summed E-state index contributed by atoms with van der Waals surface area (Å²) in [4.78, 5) is 35.9. The van der Waals surface area contributed by atoms with Gasteiger partial charge in [0.15, 0.2) is 0 Å². The van der Waals surface area contributed by atoms with Crippen molar-refractivity contribution in [1.29, 1.82) is 0 Å². The first-order valence-corrected chi connectivity index (χ1v) is 7.22. The number of carbonyl (C=O) groups excluding carboxylic acids is 2. The molecule has 0 radical (unpaired) electrons. The summed E-state index contributed by atoms with van der Waals surface area (Å²) in [5, 5.41) is 14.5. The fourth-order valence-electron chi connectivity index (χ4n) is 2.41. The molecule has 21 heavy (non-hydrogen) atoms. The molecule has 1 aliphatic rings. The summed E-state index contributed by atoms with van der Waals surface area (Å²) >= 11 is 0. The van der Waals surface area contributed by atoms with E-state index in [2.05, 4.69) is 17.6 Å². The molecule has 0 spiro atoms. The lowest BCUT2D eigenvalue weighted by molar-refractivity contribution is -0.151. The Labute approximate surface area is 125 Å². The van der Waals surface area contributed by atoms with E-state index in [4.69, 9.17) is 0 Å². The summed E-state index contributed by atoms with van der Waals surface area (Å²) in [7, 11) is 3.20. The van der Waals surface area contributed by atoms with Gasteiger partial charge in [-0.2, -0.15) is 0 Å². The van der Waals surface area contributed by atoms with Crippen LogP contribution in [0.1, 0.15) is 32.6 Å². The highest BCUT2D eigenvalue weighted by Crippen LogP contribution is 2.38. The van der Waals surface area contributed by atoms with E-state index in [-0.39, 0.29) is 19.0 Å². The number of hydrogen-bond donors (Lipinski definition) is 3. The Balaban J connectivity index is 2.45. The molecule has 1 aliphatic carbocycles. The fourth-order valence-corrected chi connectivity index (χ4v) is 2.41. The number of rotatable bonds is 5. The van der Waals surface area contributed by atoms with Crippen molar-refractivity contribution in [2.75, 3.05) is 27.2 Å². The van der Waals surface area contributed by atoms with Gasteiger partial charge < -0.3 is 20.6 Å². The van der Waals surface area contributed by atoms with Crippen LogP contribution in [0, 0.1) is 11.3 Å². The van der Waals surface area contributed by atoms with E-state index >= 15 is 0 Å². The number of carbonyl (C=O) groups is 3. The van der Waals surface area contributed by atoms with Crippen LogP contribution in [0.15, 0.2) is 0 Å². The van der Waals surface area contributed by atoms with Crippen molar-refractivity contribution in [3.63, 3.8) is 0 Å². The number of aliphatic carboxylic acids is 1. The van der Waals surface area contributed by atoms with Crippen molar-refractivity contribution in [1.82, 2.24) is 15.5 Å². The molecule has 120 valence electrons. The van der Waals surface area contributed by atoms with Crippen LogP contribution in [0.5, 0.6) is 0 Å². The average molecular weight is 299 g/mol. The van der Waals surface area contributed by atoms with Crippen molar-refractivity contribution in [2.45, 2.75) is 32.6 Å². The third-order valence-corrected chi connectivity index (χ3v) is 4.17. The molecular weight excluding hydrogens is 274 g/mol. The van der Waals surface area contributed by atoms with Crippen LogP contribution in [-0.4, -0.2) is 55.1 Å². The molecular formula is C14H25N3O4. The largest absolute Gasteiger partial charge is 0.481 e. The van der Waals surface area contributed by atoms with E-state index in [1.54, 1.807) is 14.1 Å². The molecule has 0 bridgehead atoms. The van der Waals surface area contributed by atoms with Gasteiger partial charge in [0.2, 0.25) is 5.91 Å². The summed E-state index contributed by atoms with van der Waals surface area (Å²) in [5.74, 6) is -0.548. The highest BCUT2D eigenvalue weighted by Gasteiger charge is 2.41. The van der Waals surface area contributed by atoms with Crippen molar-refractivity contribution in [3.8, 4) is 0 Å². The summed E-state index contributed by atoms with van der Waals surface area (Å²) in [6.45, 7) is 2.10. The van der Waals surface area contributed by atoms with E-state index in [1.807, 2.05) is 0 Å². The monoisotopic (exact) mass is 299 g/mol. The van der Waals surface area contributed by atoms with Gasteiger partial charge in [0.1, 0.15) is 0 Å². The predicted molar refractivity (Wildman–Crippen MR) is 77.8 cm³/mol. The molecule has 0 heterocycles. The molecule has 3 N–H and O–H groups in total.